The predicted octanol–water partition coefficient (Wildman–Crippen LogP) is 3.87. The van der Waals surface area contributed by atoms with Crippen molar-refractivity contribution in [2.24, 2.45) is 5.10 Å². The molecule has 0 aliphatic rings. The first kappa shape index (κ1) is 15.6. The van der Waals surface area contributed by atoms with Gasteiger partial charge in [0.25, 0.3) is 0 Å². The smallest absolute Gasteiger partial charge is 0.311 e. The number of thiazole rings is 1. The first-order valence-electron chi connectivity index (χ1n) is 6.91. The fourth-order valence-electron chi connectivity index (χ4n) is 2.00. The summed E-state index contributed by atoms with van der Waals surface area (Å²) in [7, 11) is 0. The first-order valence-corrected chi connectivity index (χ1v) is 7.79. The number of phenols is 1. The maximum absolute atomic E-state index is 10.8. The summed E-state index contributed by atoms with van der Waals surface area (Å²) in [5, 5.41) is 26.7. The molecule has 0 spiro atoms. The molecular weight excluding hydrogens is 328 g/mol. The van der Waals surface area contributed by atoms with E-state index in [1.54, 1.807) is 0 Å². The highest BCUT2D eigenvalue weighted by atomic mass is 32.1. The van der Waals surface area contributed by atoms with Crippen molar-refractivity contribution in [2.75, 3.05) is 5.43 Å². The largest absolute Gasteiger partial charge is 0.502 e. The van der Waals surface area contributed by atoms with Gasteiger partial charge in [-0.3, -0.25) is 15.5 Å². The third-order valence-electron chi connectivity index (χ3n) is 3.14. The zero-order valence-electron chi connectivity index (χ0n) is 12.3. The van der Waals surface area contributed by atoms with Crippen LogP contribution in [0.2, 0.25) is 0 Å². The minimum Gasteiger partial charge on any atom is -0.502 e. The van der Waals surface area contributed by atoms with Gasteiger partial charge in [0, 0.05) is 22.6 Å². The zero-order chi connectivity index (χ0) is 16.9. The van der Waals surface area contributed by atoms with Crippen LogP contribution in [0.3, 0.4) is 0 Å². The number of phenolic OH excluding ortho intramolecular Hbond substituents is 1. The van der Waals surface area contributed by atoms with Gasteiger partial charge in [0.05, 0.1) is 16.8 Å². The Kier molecular flexibility index (Phi) is 4.48. The molecule has 8 heteroatoms. The van der Waals surface area contributed by atoms with Crippen LogP contribution < -0.4 is 5.43 Å². The number of anilines is 1. The molecule has 0 aliphatic carbocycles. The number of aromatic hydroxyl groups is 1. The van der Waals surface area contributed by atoms with Crippen LogP contribution in [0.25, 0.3) is 11.3 Å². The van der Waals surface area contributed by atoms with E-state index in [1.807, 2.05) is 35.7 Å². The van der Waals surface area contributed by atoms with Gasteiger partial charge >= 0.3 is 5.69 Å². The van der Waals surface area contributed by atoms with Gasteiger partial charge in [-0.25, -0.2) is 4.98 Å². The Hall–Kier alpha value is -3.26. The molecule has 0 saturated heterocycles. The normalized spacial score (nSPS) is 10.8. The van der Waals surface area contributed by atoms with Crippen molar-refractivity contribution in [1.29, 1.82) is 0 Å². The average Bonchev–Trinajstić information content (AvgIpc) is 3.06. The van der Waals surface area contributed by atoms with Crippen molar-refractivity contribution < 1.29 is 10.0 Å². The van der Waals surface area contributed by atoms with Crippen LogP contribution in [0, 0.1) is 10.1 Å². The van der Waals surface area contributed by atoms with E-state index in [4.69, 9.17) is 0 Å². The van der Waals surface area contributed by atoms with E-state index in [-0.39, 0.29) is 11.4 Å². The number of aromatic nitrogens is 1. The Morgan fingerprint density at radius 2 is 2.04 bits per heavy atom. The molecule has 1 heterocycles. The summed E-state index contributed by atoms with van der Waals surface area (Å²) in [5.41, 5.74) is 4.78. The van der Waals surface area contributed by atoms with Gasteiger partial charge in [-0.05, 0) is 12.1 Å². The summed E-state index contributed by atoms with van der Waals surface area (Å²) >= 11 is 1.41. The molecule has 2 N–H and O–H groups in total. The molecular formula is C16H12N4O3S. The number of nitrogens with zero attached hydrogens (tertiary/aromatic N) is 3. The molecule has 3 aromatic rings. The second-order valence-corrected chi connectivity index (χ2v) is 5.64. The minimum atomic E-state index is -0.646. The number of hydrogen-bond donors (Lipinski definition) is 2. The molecule has 0 saturated carbocycles. The first-order chi connectivity index (χ1) is 11.6. The van der Waals surface area contributed by atoms with E-state index in [0.717, 1.165) is 11.3 Å². The van der Waals surface area contributed by atoms with Crippen molar-refractivity contribution >= 4 is 28.4 Å². The van der Waals surface area contributed by atoms with Crippen LogP contribution in [0.4, 0.5) is 10.8 Å². The molecule has 1 aromatic heterocycles. The van der Waals surface area contributed by atoms with Crippen molar-refractivity contribution in [3.63, 3.8) is 0 Å². The number of benzene rings is 2. The summed E-state index contributed by atoms with van der Waals surface area (Å²) in [5.74, 6) is -0.377. The molecule has 3 rings (SSSR count). The number of nitrogens with one attached hydrogen (secondary N) is 1. The summed E-state index contributed by atoms with van der Waals surface area (Å²) in [4.78, 5) is 14.6. The van der Waals surface area contributed by atoms with Crippen molar-refractivity contribution in [2.45, 2.75) is 0 Å². The van der Waals surface area contributed by atoms with Gasteiger partial charge in [-0.15, -0.1) is 11.3 Å². The average molecular weight is 340 g/mol. The molecule has 0 amide bonds. The number of rotatable bonds is 5. The maximum Gasteiger partial charge on any atom is 0.311 e. The Labute approximate surface area is 141 Å². The quantitative estimate of drug-likeness (QED) is 0.417. The fraction of sp³-hybridized carbons (Fsp3) is 0. The molecule has 120 valence electrons. The van der Waals surface area contributed by atoms with E-state index < -0.39 is 4.92 Å². The lowest BCUT2D eigenvalue weighted by molar-refractivity contribution is -0.385. The monoisotopic (exact) mass is 340 g/mol. The van der Waals surface area contributed by atoms with Gasteiger partial charge in [0.2, 0.25) is 5.13 Å². The lowest BCUT2D eigenvalue weighted by atomic mass is 10.2. The summed E-state index contributed by atoms with van der Waals surface area (Å²) in [6.07, 6.45) is 1.43. The molecule has 7 nitrogen and oxygen atoms in total. The molecule has 0 aliphatic heterocycles. The number of nitro groups is 1. The number of hydrogen-bond acceptors (Lipinski definition) is 7. The minimum absolute atomic E-state index is 0.362. The van der Waals surface area contributed by atoms with Gasteiger partial charge in [0.1, 0.15) is 0 Å². The SMILES string of the molecule is O=[N+]([O-])c1cc(/C=N\Nc2nc(-c3ccccc3)cs2)ccc1O. The molecule has 24 heavy (non-hydrogen) atoms. The molecule has 0 fully saturated rings. The third-order valence-corrected chi connectivity index (χ3v) is 3.89. The lowest BCUT2D eigenvalue weighted by Crippen LogP contribution is -1.93. The Balaban J connectivity index is 1.70. The Morgan fingerprint density at radius 3 is 2.79 bits per heavy atom. The van der Waals surface area contributed by atoms with E-state index >= 15 is 0 Å². The third kappa shape index (κ3) is 3.55. The summed E-state index contributed by atoms with van der Waals surface area (Å²) < 4.78 is 0. The van der Waals surface area contributed by atoms with E-state index in [1.165, 1.54) is 35.8 Å². The van der Waals surface area contributed by atoms with Crippen molar-refractivity contribution in [3.05, 3.63) is 69.6 Å². The molecule has 0 unspecified atom stereocenters. The topological polar surface area (TPSA) is 101 Å². The van der Waals surface area contributed by atoms with Crippen LogP contribution in [0.15, 0.2) is 59.0 Å². The van der Waals surface area contributed by atoms with Crippen LogP contribution in [0.1, 0.15) is 5.56 Å². The molecule has 0 bridgehead atoms. The summed E-state index contributed by atoms with van der Waals surface area (Å²) in [6, 6.07) is 13.8. The highest BCUT2D eigenvalue weighted by molar-refractivity contribution is 7.14. The van der Waals surface area contributed by atoms with E-state index in [2.05, 4.69) is 15.5 Å². The molecule has 2 aromatic carbocycles. The number of hydrazone groups is 1. The zero-order valence-corrected chi connectivity index (χ0v) is 13.1. The van der Waals surface area contributed by atoms with Crippen molar-refractivity contribution in [3.8, 4) is 17.0 Å². The summed E-state index contributed by atoms with van der Waals surface area (Å²) in [6.45, 7) is 0. The second-order valence-electron chi connectivity index (χ2n) is 4.78. The molecule has 0 atom stereocenters. The molecule has 0 radical (unpaired) electrons. The Morgan fingerprint density at radius 1 is 1.25 bits per heavy atom. The van der Waals surface area contributed by atoms with Gasteiger partial charge in [-0.2, -0.15) is 5.10 Å². The van der Waals surface area contributed by atoms with E-state index in [9.17, 15) is 15.2 Å². The highest BCUT2D eigenvalue weighted by Gasteiger charge is 2.12. The highest BCUT2D eigenvalue weighted by Crippen LogP contribution is 2.26. The second kappa shape index (κ2) is 6.88. The van der Waals surface area contributed by atoms with Gasteiger partial charge in [0.15, 0.2) is 5.75 Å². The van der Waals surface area contributed by atoms with Crippen LogP contribution in [-0.4, -0.2) is 21.2 Å². The van der Waals surface area contributed by atoms with Crippen LogP contribution >= 0.6 is 11.3 Å². The van der Waals surface area contributed by atoms with Crippen LogP contribution in [0.5, 0.6) is 5.75 Å². The fourth-order valence-corrected chi connectivity index (χ4v) is 2.66. The Bertz CT molecular complexity index is 893. The van der Waals surface area contributed by atoms with E-state index in [0.29, 0.717) is 10.7 Å². The maximum atomic E-state index is 10.8. The number of nitro benzene ring substituents is 1. The van der Waals surface area contributed by atoms with Gasteiger partial charge < -0.3 is 5.11 Å². The standard InChI is InChI=1S/C16H12N4O3S/c21-15-7-6-11(8-14(15)20(22)23)9-17-19-16-18-13(10-24-16)12-4-2-1-3-5-12/h1-10,21H,(H,18,19)/b17-9-. The lowest BCUT2D eigenvalue weighted by Gasteiger charge is -1.98. The van der Waals surface area contributed by atoms with Crippen LogP contribution in [-0.2, 0) is 0 Å². The van der Waals surface area contributed by atoms with Gasteiger partial charge in [-0.1, -0.05) is 30.3 Å². The van der Waals surface area contributed by atoms with Crippen molar-refractivity contribution in [1.82, 2.24) is 4.98 Å². The predicted molar refractivity (Wildman–Crippen MR) is 93.5 cm³/mol.